The van der Waals surface area contributed by atoms with Gasteiger partial charge in [-0.25, -0.2) is 9.79 Å². The molecule has 4 rings (SSSR count). The Balaban J connectivity index is 1.94. The summed E-state index contributed by atoms with van der Waals surface area (Å²) in [5.74, 6) is 0.130. The van der Waals surface area contributed by atoms with Crippen LogP contribution in [0.2, 0.25) is 0 Å². The first-order chi connectivity index (χ1) is 19.2. The van der Waals surface area contributed by atoms with E-state index in [-0.39, 0.29) is 11.5 Å². The monoisotopic (exact) mass is 565 g/mol. The van der Waals surface area contributed by atoms with Crippen molar-refractivity contribution in [2.75, 3.05) is 33.9 Å². The van der Waals surface area contributed by atoms with Gasteiger partial charge < -0.3 is 24.2 Å². The van der Waals surface area contributed by atoms with Crippen molar-refractivity contribution in [3.8, 4) is 17.2 Å². The number of aromatic nitrogens is 1. The molecule has 1 amide bonds. The van der Waals surface area contributed by atoms with E-state index in [0.717, 1.165) is 0 Å². The smallest absolute Gasteiger partial charge is 0.341 e. The largest absolute Gasteiger partial charge is 0.497 e. The van der Waals surface area contributed by atoms with E-state index in [4.69, 9.17) is 24.3 Å². The maximum atomic E-state index is 14.0. The van der Waals surface area contributed by atoms with Crippen molar-refractivity contribution < 1.29 is 28.9 Å². The van der Waals surface area contributed by atoms with Crippen LogP contribution in [-0.2, 0) is 9.59 Å². The van der Waals surface area contributed by atoms with Gasteiger partial charge in [0.2, 0.25) is 0 Å². The Morgan fingerprint density at radius 2 is 1.85 bits per heavy atom. The van der Waals surface area contributed by atoms with Crippen molar-refractivity contribution >= 4 is 29.3 Å². The summed E-state index contributed by atoms with van der Waals surface area (Å²) in [5.41, 5.74) is 1.83. The summed E-state index contributed by atoms with van der Waals surface area (Å²) in [6.45, 7) is 6.11. The average Bonchev–Trinajstić information content (AvgIpc) is 3.25. The predicted molar refractivity (Wildman–Crippen MR) is 151 cm³/mol. The lowest BCUT2D eigenvalue weighted by Crippen LogP contribution is -2.43. The van der Waals surface area contributed by atoms with Gasteiger partial charge in [0.25, 0.3) is 11.5 Å². The Hall–Kier alpha value is -4.38. The summed E-state index contributed by atoms with van der Waals surface area (Å²) >= 11 is 1.20. The van der Waals surface area contributed by atoms with Crippen LogP contribution in [0.1, 0.15) is 37.9 Å². The SMILES string of the molecule is CCN(CC)C(=O)C1=C(C)N=c2s/c(=C/c3cccc(OCC(=O)O)c3)c(=O)n2[C@@H]1c1cc(OC)ccc1OC. The van der Waals surface area contributed by atoms with E-state index in [9.17, 15) is 14.4 Å². The molecule has 1 N–H and O–H groups in total. The molecule has 1 atom stereocenters. The second kappa shape index (κ2) is 12.2. The highest BCUT2D eigenvalue weighted by Crippen LogP contribution is 2.38. The predicted octanol–water partition coefficient (Wildman–Crippen LogP) is 2.58. The molecule has 11 heteroatoms. The summed E-state index contributed by atoms with van der Waals surface area (Å²) in [6, 6.07) is 11.3. The molecule has 40 heavy (non-hydrogen) atoms. The lowest BCUT2D eigenvalue weighted by molar-refractivity contribution is -0.139. The molecule has 2 aromatic carbocycles. The van der Waals surface area contributed by atoms with E-state index in [2.05, 4.69) is 0 Å². The third-order valence-electron chi connectivity index (χ3n) is 6.55. The number of hydrogen-bond donors (Lipinski definition) is 1. The molecule has 0 spiro atoms. The number of fused-ring (bicyclic) bond motifs is 1. The van der Waals surface area contributed by atoms with E-state index in [1.807, 2.05) is 13.8 Å². The summed E-state index contributed by atoms with van der Waals surface area (Å²) in [7, 11) is 3.09. The Morgan fingerprint density at radius 3 is 2.50 bits per heavy atom. The molecule has 0 aliphatic carbocycles. The summed E-state index contributed by atoms with van der Waals surface area (Å²) in [6.07, 6.45) is 1.70. The van der Waals surface area contributed by atoms with Crippen LogP contribution in [0.25, 0.3) is 6.08 Å². The highest BCUT2D eigenvalue weighted by atomic mass is 32.1. The molecule has 0 radical (unpaired) electrons. The molecule has 1 aliphatic rings. The fourth-order valence-electron chi connectivity index (χ4n) is 4.61. The van der Waals surface area contributed by atoms with Crippen LogP contribution in [0.3, 0.4) is 0 Å². The number of rotatable bonds is 10. The number of benzene rings is 2. The van der Waals surface area contributed by atoms with Crippen LogP contribution in [-0.4, -0.2) is 60.4 Å². The number of carboxylic acids is 1. The van der Waals surface area contributed by atoms with E-state index >= 15 is 0 Å². The van der Waals surface area contributed by atoms with Crippen molar-refractivity contribution in [3.63, 3.8) is 0 Å². The maximum absolute atomic E-state index is 14.0. The van der Waals surface area contributed by atoms with Gasteiger partial charge in [-0.1, -0.05) is 23.5 Å². The van der Waals surface area contributed by atoms with Crippen molar-refractivity contribution in [1.82, 2.24) is 9.47 Å². The summed E-state index contributed by atoms with van der Waals surface area (Å²) in [5, 5.41) is 8.91. The van der Waals surface area contributed by atoms with Crippen LogP contribution in [0.15, 0.2) is 63.5 Å². The number of amides is 1. The number of carbonyl (C=O) groups excluding carboxylic acids is 1. The Labute approximate surface area is 235 Å². The van der Waals surface area contributed by atoms with E-state index in [1.165, 1.54) is 23.0 Å². The summed E-state index contributed by atoms with van der Waals surface area (Å²) < 4.78 is 18.4. The molecular formula is C29H31N3O7S. The number of carbonyl (C=O) groups is 2. The lowest BCUT2D eigenvalue weighted by Gasteiger charge is -2.30. The third kappa shape index (κ3) is 5.64. The molecule has 1 aromatic heterocycles. The standard InChI is InChI=1S/C29H31N3O7S/c1-6-31(7-2)28(36)25-17(3)30-29-32(26(25)21-15-19(37-4)11-12-22(21)38-5)27(35)23(40-29)14-18-9-8-10-20(13-18)39-16-24(33)34/h8-15,26H,6-7,16H2,1-5H3,(H,33,34)/b23-14+/t26-/m1/s1. The van der Waals surface area contributed by atoms with Gasteiger partial charge >= 0.3 is 5.97 Å². The van der Waals surface area contributed by atoms with Gasteiger partial charge in [-0.2, -0.15) is 0 Å². The first kappa shape index (κ1) is 28.6. The zero-order valence-electron chi connectivity index (χ0n) is 23.0. The summed E-state index contributed by atoms with van der Waals surface area (Å²) in [4.78, 5) is 45.6. The van der Waals surface area contributed by atoms with Crippen LogP contribution < -0.4 is 29.1 Å². The molecule has 0 saturated carbocycles. The fourth-order valence-corrected chi connectivity index (χ4v) is 5.66. The first-order valence-electron chi connectivity index (χ1n) is 12.7. The number of nitrogens with zero attached hydrogens (tertiary/aromatic N) is 3. The van der Waals surface area contributed by atoms with Crippen molar-refractivity contribution in [1.29, 1.82) is 0 Å². The molecule has 0 unspecified atom stereocenters. The number of likely N-dealkylation sites (N-methyl/N-ethyl adjacent to an activating group) is 1. The van der Waals surface area contributed by atoms with Crippen molar-refractivity contribution in [2.45, 2.75) is 26.8 Å². The average molecular weight is 566 g/mol. The van der Waals surface area contributed by atoms with Gasteiger partial charge in [-0.3, -0.25) is 14.2 Å². The second-order valence-corrected chi connectivity index (χ2v) is 9.93. The van der Waals surface area contributed by atoms with Crippen molar-refractivity contribution in [3.05, 3.63) is 84.5 Å². The van der Waals surface area contributed by atoms with Crippen LogP contribution >= 0.6 is 11.3 Å². The lowest BCUT2D eigenvalue weighted by atomic mass is 9.93. The highest BCUT2D eigenvalue weighted by molar-refractivity contribution is 7.07. The molecule has 1 aliphatic heterocycles. The van der Waals surface area contributed by atoms with Crippen molar-refractivity contribution in [2.24, 2.45) is 4.99 Å². The topological polar surface area (TPSA) is 120 Å². The van der Waals surface area contributed by atoms with Gasteiger partial charge in [0.15, 0.2) is 11.4 Å². The zero-order valence-corrected chi connectivity index (χ0v) is 23.8. The van der Waals surface area contributed by atoms with Gasteiger partial charge in [0.05, 0.1) is 30.0 Å². The normalized spacial score (nSPS) is 14.8. The molecule has 210 valence electrons. The maximum Gasteiger partial charge on any atom is 0.341 e. The fraction of sp³-hybridized carbons (Fsp3) is 0.310. The quantitative estimate of drug-likeness (QED) is 0.401. The number of methoxy groups -OCH3 is 2. The van der Waals surface area contributed by atoms with Gasteiger partial charge in [0, 0.05) is 18.7 Å². The minimum absolute atomic E-state index is 0.210. The number of allylic oxidation sites excluding steroid dienone is 1. The number of aliphatic carboxylic acids is 1. The molecule has 0 fully saturated rings. The van der Waals surface area contributed by atoms with Crippen LogP contribution in [0.5, 0.6) is 17.2 Å². The minimum atomic E-state index is -1.09. The van der Waals surface area contributed by atoms with Crippen LogP contribution in [0, 0.1) is 0 Å². The zero-order chi connectivity index (χ0) is 29.0. The van der Waals surface area contributed by atoms with E-state index in [0.29, 0.717) is 62.1 Å². The molecule has 0 saturated heterocycles. The first-order valence-corrected chi connectivity index (χ1v) is 13.5. The second-order valence-electron chi connectivity index (χ2n) is 8.92. The molecular weight excluding hydrogens is 534 g/mol. The number of carboxylic acid groups (broad SMARTS) is 1. The number of hydrogen-bond acceptors (Lipinski definition) is 8. The Morgan fingerprint density at radius 1 is 1.10 bits per heavy atom. The van der Waals surface area contributed by atoms with Gasteiger partial charge in [-0.05, 0) is 62.7 Å². The molecule has 0 bridgehead atoms. The number of ether oxygens (including phenoxy) is 3. The number of thiazole rings is 1. The van der Waals surface area contributed by atoms with E-state index < -0.39 is 18.6 Å². The minimum Gasteiger partial charge on any atom is -0.497 e. The molecule has 2 heterocycles. The molecule has 10 nitrogen and oxygen atoms in total. The van der Waals surface area contributed by atoms with Gasteiger partial charge in [-0.15, -0.1) is 0 Å². The Kier molecular flexibility index (Phi) is 8.73. The highest BCUT2D eigenvalue weighted by Gasteiger charge is 2.36. The molecule has 3 aromatic rings. The third-order valence-corrected chi connectivity index (χ3v) is 7.54. The van der Waals surface area contributed by atoms with E-state index in [1.54, 1.807) is 67.5 Å². The van der Waals surface area contributed by atoms with Gasteiger partial charge in [0.1, 0.15) is 23.3 Å². The Bertz CT molecular complexity index is 1650. The van der Waals surface area contributed by atoms with Crippen LogP contribution in [0.4, 0.5) is 0 Å².